The van der Waals surface area contributed by atoms with Crippen molar-refractivity contribution in [3.63, 3.8) is 0 Å². The lowest BCUT2D eigenvalue weighted by Crippen LogP contribution is -2.48. The van der Waals surface area contributed by atoms with Gasteiger partial charge in [0, 0.05) is 11.5 Å². The third kappa shape index (κ3) is 2.56. The normalized spacial score (nSPS) is 19.1. The van der Waals surface area contributed by atoms with E-state index >= 15 is 0 Å². The number of hydrogen-bond donors (Lipinski definition) is 1. The summed E-state index contributed by atoms with van der Waals surface area (Å²) in [5.74, 6) is 0. The van der Waals surface area contributed by atoms with Crippen molar-refractivity contribution in [3.05, 3.63) is 33.9 Å². The number of aryl methyl sites for hydroxylation is 2. The predicted octanol–water partition coefficient (Wildman–Crippen LogP) is 3.32. The Labute approximate surface area is 117 Å². The maximum Gasteiger partial charge on any atom is 0.0585 e. The van der Waals surface area contributed by atoms with E-state index in [0.717, 1.165) is 26.1 Å². The molecule has 2 N–H and O–H groups in total. The monoisotopic (exact) mass is 261 g/mol. The van der Waals surface area contributed by atoms with Gasteiger partial charge in [0.1, 0.15) is 0 Å². The summed E-state index contributed by atoms with van der Waals surface area (Å²) in [6.07, 6.45) is 2.20. The van der Waals surface area contributed by atoms with Gasteiger partial charge in [-0.3, -0.25) is 0 Å². The van der Waals surface area contributed by atoms with Gasteiger partial charge < -0.3 is 10.5 Å². The Morgan fingerprint density at radius 3 is 2.05 bits per heavy atom. The summed E-state index contributed by atoms with van der Waals surface area (Å²) < 4.78 is 5.57. The molecule has 0 saturated carbocycles. The van der Waals surface area contributed by atoms with Crippen LogP contribution >= 0.6 is 0 Å². The molecule has 1 aromatic rings. The van der Waals surface area contributed by atoms with Crippen molar-refractivity contribution in [2.75, 3.05) is 13.2 Å². The summed E-state index contributed by atoms with van der Waals surface area (Å²) in [6.45, 7) is 12.7. The number of nitrogens with two attached hydrogens (primary N) is 1. The van der Waals surface area contributed by atoms with Crippen LogP contribution in [0.2, 0.25) is 0 Å². The maximum atomic E-state index is 5.95. The van der Waals surface area contributed by atoms with Crippen LogP contribution in [0.25, 0.3) is 0 Å². The molecule has 1 atom stereocenters. The quantitative estimate of drug-likeness (QED) is 0.902. The van der Waals surface area contributed by atoms with E-state index in [-0.39, 0.29) is 11.5 Å². The standard InChI is InChI=1S/C17H27NO/c1-11-8-12(2)15(5)16(14(11)4)17(9-19-10-17)7-6-13(3)18/h8,13H,6-7,9-10,18H2,1-5H3. The zero-order valence-corrected chi connectivity index (χ0v) is 13.0. The van der Waals surface area contributed by atoms with E-state index in [1.807, 2.05) is 0 Å². The van der Waals surface area contributed by atoms with Crippen LogP contribution in [0.4, 0.5) is 0 Å². The molecule has 1 aromatic carbocycles. The largest absolute Gasteiger partial charge is 0.379 e. The van der Waals surface area contributed by atoms with E-state index in [1.54, 1.807) is 0 Å². The smallest absolute Gasteiger partial charge is 0.0585 e. The van der Waals surface area contributed by atoms with Gasteiger partial charge in [-0.1, -0.05) is 6.07 Å². The SMILES string of the molecule is Cc1cc(C)c(C)c(C2(CCC(C)N)COC2)c1C. The molecule has 1 aliphatic rings. The first kappa shape index (κ1) is 14.5. The highest BCUT2D eigenvalue weighted by Gasteiger charge is 2.42. The highest BCUT2D eigenvalue weighted by atomic mass is 16.5. The Morgan fingerprint density at radius 1 is 1.16 bits per heavy atom. The second-order valence-corrected chi connectivity index (χ2v) is 6.42. The average Bonchev–Trinajstić information content (AvgIpc) is 2.28. The molecule has 0 bridgehead atoms. The molecule has 1 fully saturated rings. The maximum absolute atomic E-state index is 5.95. The molecule has 0 amide bonds. The lowest BCUT2D eigenvalue weighted by molar-refractivity contribution is -0.0663. The van der Waals surface area contributed by atoms with Crippen molar-refractivity contribution < 1.29 is 4.74 Å². The summed E-state index contributed by atoms with van der Waals surface area (Å²) in [5, 5.41) is 0. The number of rotatable bonds is 4. The van der Waals surface area contributed by atoms with E-state index in [1.165, 1.54) is 27.8 Å². The first-order valence-corrected chi connectivity index (χ1v) is 7.28. The van der Waals surface area contributed by atoms with Crippen LogP contribution in [-0.2, 0) is 10.2 Å². The van der Waals surface area contributed by atoms with Gasteiger partial charge in [-0.15, -0.1) is 0 Å². The lowest BCUT2D eigenvalue weighted by atomic mass is 9.69. The molecule has 0 aromatic heterocycles. The molecule has 2 nitrogen and oxygen atoms in total. The molecule has 106 valence electrons. The van der Waals surface area contributed by atoms with Crippen molar-refractivity contribution in [2.24, 2.45) is 5.73 Å². The van der Waals surface area contributed by atoms with Crippen molar-refractivity contribution in [3.8, 4) is 0 Å². The van der Waals surface area contributed by atoms with Gasteiger partial charge >= 0.3 is 0 Å². The number of hydrogen-bond acceptors (Lipinski definition) is 2. The summed E-state index contributed by atoms with van der Waals surface area (Å²) >= 11 is 0. The van der Waals surface area contributed by atoms with Crippen molar-refractivity contribution in [2.45, 2.75) is 58.9 Å². The second-order valence-electron chi connectivity index (χ2n) is 6.42. The lowest BCUT2D eigenvalue weighted by Gasteiger charge is -2.45. The third-order valence-corrected chi connectivity index (χ3v) is 4.73. The molecule has 2 rings (SSSR count). The highest BCUT2D eigenvalue weighted by Crippen LogP contribution is 2.42. The molecule has 19 heavy (non-hydrogen) atoms. The molecule has 1 aliphatic heterocycles. The van der Waals surface area contributed by atoms with E-state index in [0.29, 0.717) is 0 Å². The Morgan fingerprint density at radius 2 is 1.68 bits per heavy atom. The molecule has 0 aliphatic carbocycles. The van der Waals surface area contributed by atoms with Crippen molar-refractivity contribution in [1.29, 1.82) is 0 Å². The van der Waals surface area contributed by atoms with E-state index in [9.17, 15) is 0 Å². The molecular weight excluding hydrogens is 234 g/mol. The highest BCUT2D eigenvalue weighted by molar-refractivity contribution is 5.49. The van der Waals surface area contributed by atoms with Gasteiger partial charge in [0.15, 0.2) is 0 Å². The minimum absolute atomic E-state index is 0.207. The Bertz CT molecular complexity index is 446. The summed E-state index contributed by atoms with van der Waals surface area (Å²) in [7, 11) is 0. The van der Waals surface area contributed by atoms with Gasteiger partial charge in [0.25, 0.3) is 0 Å². The topological polar surface area (TPSA) is 35.2 Å². The van der Waals surface area contributed by atoms with Gasteiger partial charge in [-0.25, -0.2) is 0 Å². The van der Waals surface area contributed by atoms with Crippen LogP contribution in [0.15, 0.2) is 6.07 Å². The fourth-order valence-electron chi connectivity index (χ4n) is 3.28. The molecule has 1 saturated heterocycles. The van der Waals surface area contributed by atoms with Crippen molar-refractivity contribution in [1.82, 2.24) is 0 Å². The van der Waals surface area contributed by atoms with Crippen LogP contribution in [-0.4, -0.2) is 19.3 Å². The Balaban J connectivity index is 2.43. The zero-order chi connectivity index (χ0) is 14.2. The predicted molar refractivity (Wildman–Crippen MR) is 80.8 cm³/mol. The fraction of sp³-hybridized carbons (Fsp3) is 0.647. The van der Waals surface area contributed by atoms with E-state index in [2.05, 4.69) is 40.7 Å². The van der Waals surface area contributed by atoms with Crippen LogP contribution in [0.5, 0.6) is 0 Å². The molecule has 1 unspecified atom stereocenters. The van der Waals surface area contributed by atoms with Crippen LogP contribution in [0, 0.1) is 27.7 Å². The van der Waals surface area contributed by atoms with Gasteiger partial charge in [0.2, 0.25) is 0 Å². The van der Waals surface area contributed by atoms with Crippen molar-refractivity contribution >= 4 is 0 Å². The van der Waals surface area contributed by atoms with Gasteiger partial charge in [0.05, 0.1) is 13.2 Å². The van der Waals surface area contributed by atoms with Gasteiger partial charge in [-0.05, 0) is 75.3 Å². The molecule has 0 radical (unpaired) electrons. The molecule has 0 spiro atoms. The number of ether oxygens (including phenoxy) is 1. The molecular formula is C17H27NO. The molecule has 1 heterocycles. The first-order valence-electron chi connectivity index (χ1n) is 7.28. The first-order chi connectivity index (χ1) is 8.87. The second kappa shape index (κ2) is 5.26. The number of benzene rings is 1. The zero-order valence-electron chi connectivity index (χ0n) is 13.0. The van der Waals surface area contributed by atoms with Gasteiger partial charge in [-0.2, -0.15) is 0 Å². The summed E-state index contributed by atoms with van der Waals surface area (Å²) in [4.78, 5) is 0. The fourth-order valence-corrected chi connectivity index (χ4v) is 3.28. The van der Waals surface area contributed by atoms with Crippen LogP contribution < -0.4 is 5.73 Å². The Kier molecular flexibility index (Phi) is 4.03. The molecule has 2 heteroatoms. The van der Waals surface area contributed by atoms with E-state index < -0.39 is 0 Å². The minimum Gasteiger partial charge on any atom is -0.379 e. The van der Waals surface area contributed by atoms with Crippen LogP contribution in [0.1, 0.15) is 47.6 Å². The van der Waals surface area contributed by atoms with E-state index in [4.69, 9.17) is 10.5 Å². The third-order valence-electron chi connectivity index (χ3n) is 4.73. The minimum atomic E-state index is 0.207. The summed E-state index contributed by atoms with van der Waals surface area (Å²) in [6, 6.07) is 2.57. The Hall–Kier alpha value is -0.860. The van der Waals surface area contributed by atoms with Crippen LogP contribution in [0.3, 0.4) is 0 Å². The summed E-state index contributed by atoms with van der Waals surface area (Å²) in [5.41, 5.74) is 13.4. The average molecular weight is 261 g/mol.